The number of nitrogens with zero attached hydrogens (tertiary/aromatic N) is 2. The van der Waals surface area contributed by atoms with Crippen molar-refractivity contribution in [3.05, 3.63) is 16.0 Å². The minimum atomic E-state index is -0.586. The molecule has 1 N–H and O–H groups in total. The summed E-state index contributed by atoms with van der Waals surface area (Å²) >= 11 is 1.04. The lowest BCUT2D eigenvalue weighted by molar-refractivity contribution is -0.116. The molecule has 1 atom stereocenters. The molecule has 1 aromatic rings. The van der Waals surface area contributed by atoms with Gasteiger partial charge in [-0.25, -0.2) is 9.59 Å². The summed E-state index contributed by atoms with van der Waals surface area (Å²) in [4.78, 5) is 41.8. The van der Waals surface area contributed by atoms with Gasteiger partial charge in [0.15, 0.2) is 0 Å². The monoisotopic (exact) mass is 423 g/mol. The molecule has 1 amide bonds. The summed E-state index contributed by atoms with van der Waals surface area (Å²) in [6.45, 7) is 6.72. The van der Waals surface area contributed by atoms with Crippen molar-refractivity contribution in [1.29, 1.82) is 0 Å². The summed E-state index contributed by atoms with van der Waals surface area (Å²) in [6.07, 6.45) is 4.06. The van der Waals surface area contributed by atoms with Crippen LogP contribution >= 0.6 is 11.3 Å². The Bertz CT molecular complexity index is 772. The number of likely N-dealkylation sites (tertiary alicyclic amines) is 2. The van der Waals surface area contributed by atoms with Crippen molar-refractivity contribution in [3.63, 3.8) is 0 Å². The van der Waals surface area contributed by atoms with Gasteiger partial charge < -0.3 is 19.7 Å². The van der Waals surface area contributed by atoms with Gasteiger partial charge in [-0.3, -0.25) is 9.69 Å². The van der Waals surface area contributed by atoms with Crippen LogP contribution in [0.3, 0.4) is 0 Å². The lowest BCUT2D eigenvalue weighted by Gasteiger charge is -2.23. The molecule has 2 saturated heterocycles. The molecular formula is C20H29N3O5S. The Balaban J connectivity index is 1.58. The minimum Gasteiger partial charge on any atom is -0.465 e. The average molecular weight is 424 g/mol. The largest absolute Gasteiger partial charge is 0.465 e. The Morgan fingerprint density at radius 2 is 1.79 bits per heavy atom. The number of hydrogen-bond donors (Lipinski definition) is 1. The lowest BCUT2D eigenvalue weighted by Crippen LogP contribution is -2.35. The number of thiophene rings is 1. The van der Waals surface area contributed by atoms with Gasteiger partial charge in [-0.15, -0.1) is 11.3 Å². The molecule has 3 rings (SSSR count). The molecule has 0 spiro atoms. The standard InChI is InChI=1S/C20H29N3O5S/c1-13-16(19(25)27-2)18(29-17(13)20(26)28-3)21-15(24)7-11-22-10-6-14(12-22)23-8-4-5-9-23/h14H,4-12H2,1-3H3,(H,21,24). The van der Waals surface area contributed by atoms with E-state index in [4.69, 9.17) is 9.47 Å². The van der Waals surface area contributed by atoms with Crippen LogP contribution in [0.4, 0.5) is 5.00 Å². The Morgan fingerprint density at radius 3 is 2.45 bits per heavy atom. The number of methoxy groups -OCH3 is 2. The number of anilines is 1. The maximum Gasteiger partial charge on any atom is 0.348 e. The molecule has 2 aliphatic rings. The molecule has 0 saturated carbocycles. The summed E-state index contributed by atoms with van der Waals surface area (Å²) in [5.74, 6) is -1.31. The molecule has 8 nitrogen and oxygen atoms in total. The van der Waals surface area contributed by atoms with Gasteiger partial charge in [-0.1, -0.05) is 0 Å². The first-order chi connectivity index (χ1) is 13.9. The minimum absolute atomic E-state index is 0.183. The fourth-order valence-corrected chi connectivity index (χ4v) is 5.23. The summed E-state index contributed by atoms with van der Waals surface area (Å²) in [6, 6.07) is 0.606. The van der Waals surface area contributed by atoms with Crippen LogP contribution in [0.25, 0.3) is 0 Å². The molecule has 160 valence electrons. The van der Waals surface area contributed by atoms with Crippen molar-refractivity contribution in [3.8, 4) is 0 Å². The van der Waals surface area contributed by atoms with E-state index < -0.39 is 11.9 Å². The maximum absolute atomic E-state index is 12.5. The summed E-state index contributed by atoms with van der Waals surface area (Å²) < 4.78 is 9.59. The van der Waals surface area contributed by atoms with Crippen LogP contribution < -0.4 is 5.32 Å². The van der Waals surface area contributed by atoms with Gasteiger partial charge in [-0.05, 0) is 51.4 Å². The van der Waals surface area contributed by atoms with Gasteiger partial charge in [0.05, 0.1) is 19.8 Å². The third kappa shape index (κ3) is 4.96. The summed E-state index contributed by atoms with van der Waals surface area (Å²) in [5.41, 5.74) is 0.665. The van der Waals surface area contributed by atoms with E-state index >= 15 is 0 Å². The smallest absolute Gasteiger partial charge is 0.348 e. The molecule has 0 bridgehead atoms. The quantitative estimate of drug-likeness (QED) is 0.672. The Kier molecular flexibility index (Phi) is 7.26. The van der Waals surface area contributed by atoms with Crippen molar-refractivity contribution >= 4 is 34.2 Å². The number of esters is 2. The van der Waals surface area contributed by atoms with E-state index in [2.05, 4.69) is 15.1 Å². The van der Waals surface area contributed by atoms with Crippen molar-refractivity contribution in [2.45, 2.75) is 38.6 Å². The highest BCUT2D eigenvalue weighted by molar-refractivity contribution is 7.18. The number of carbonyl (C=O) groups excluding carboxylic acids is 3. The van der Waals surface area contributed by atoms with E-state index in [9.17, 15) is 14.4 Å². The van der Waals surface area contributed by atoms with Gasteiger partial charge in [0.2, 0.25) is 5.91 Å². The highest BCUT2D eigenvalue weighted by atomic mass is 32.1. The molecule has 0 aromatic carbocycles. The van der Waals surface area contributed by atoms with E-state index in [0.29, 0.717) is 29.6 Å². The number of carbonyl (C=O) groups is 3. The topological polar surface area (TPSA) is 88.2 Å². The normalized spacial score (nSPS) is 20.0. The first kappa shape index (κ1) is 21.7. The molecular weight excluding hydrogens is 394 g/mol. The van der Waals surface area contributed by atoms with Crippen molar-refractivity contribution in [2.24, 2.45) is 0 Å². The predicted molar refractivity (Wildman–Crippen MR) is 111 cm³/mol. The zero-order chi connectivity index (χ0) is 21.0. The molecule has 0 radical (unpaired) electrons. The summed E-state index contributed by atoms with van der Waals surface area (Å²) in [7, 11) is 2.55. The number of nitrogens with one attached hydrogen (secondary N) is 1. The molecule has 2 fully saturated rings. The van der Waals surface area contributed by atoms with Crippen LogP contribution in [0.1, 0.15) is 51.3 Å². The average Bonchev–Trinajstić information content (AvgIpc) is 3.45. The Morgan fingerprint density at radius 1 is 1.10 bits per heavy atom. The highest BCUT2D eigenvalue weighted by Gasteiger charge is 2.30. The van der Waals surface area contributed by atoms with Crippen molar-refractivity contribution in [1.82, 2.24) is 9.80 Å². The molecule has 0 aliphatic carbocycles. The second-order valence-corrected chi connectivity index (χ2v) is 8.55. The van der Waals surface area contributed by atoms with Crippen LogP contribution in [0, 0.1) is 6.92 Å². The third-order valence-corrected chi connectivity index (χ3v) is 6.91. The van der Waals surface area contributed by atoms with Crippen LogP contribution in [0.2, 0.25) is 0 Å². The molecule has 1 aromatic heterocycles. The fourth-order valence-electron chi connectivity index (χ4n) is 4.11. The first-order valence-corrected chi connectivity index (χ1v) is 10.8. The van der Waals surface area contributed by atoms with Crippen molar-refractivity contribution in [2.75, 3.05) is 52.3 Å². The van der Waals surface area contributed by atoms with Gasteiger partial charge >= 0.3 is 11.9 Å². The van der Waals surface area contributed by atoms with Gasteiger partial charge in [0.1, 0.15) is 9.88 Å². The van der Waals surface area contributed by atoms with Gasteiger partial charge in [0.25, 0.3) is 0 Å². The number of ether oxygens (including phenoxy) is 2. The van der Waals surface area contributed by atoms with E-state index in [1.807, 2.05) is 0 Å². The van der Waals surface area contributed by atoms with E-state index in [1.54, 1.807) is 6.92 Å². The second-order valence-electron chi connectivity index (χ2n) is 7.53. The van der Waals surface area contributed by atoms with Crippen molar-refractivity contribution < 1.29 is 23.9 Å². The zero-order valence-electron chi connectivity index (χ0n) is 17.3. The molecule has 1 unspecified atom stereocenters. The molecule has 9 heteroatoms. The maximum atomic E-state index is 12.5. The zero-order valence-corrected chi connectivity index (χ0v) is 18.1. The molecule has 3 heterocycles. The molecule has 29 heavy (non-hydrogen) atoms. The van der Waals surface area contributed by atoms with Crippen LogP contribution in [0.5, 0.6) is 0 Å². The fraction of sp³-hybridized carbons (Fsp3) is 0.650. The highest BCUT2D eigenvalue weighted by Crippen LogP contribution is 2.34. The second kappa shape index (κ2) is 9.69. The Hall–Kier alpha value is -1.97. The third-order valence-electron chi connectivity index (χ3n) is 5.72. The predicted octanol–water partition coefficient (Wildman–Crippen LogP) is 2.13. The van der Waals surface area contributed by atoms with Gasteiger partial charge in [-0.2, -0.15) is 0 Å². The lowest BCUT2D eigenvalue weighted by atomic mass is 10.1. The number of rotatable bonds is 7. The first-order valence-electron chi connectivity index (χ1n) is 10.0. The molecule has 2 aliphatic heterocycles. The SMILES string of the molecule is COC(=O)c1sc(NC(=O)CCN2CCC(N3CCCC3)C2)c(C(=O)OC)c1C. The van der Waals surface area contributed by atoms with Gasteiger partial charge in [0, 0.05) is 25.6 Å². The van der Waals surface area contributed by atoms with Crippen LogP contribution in [-0.4, -0.2) is 80.6 Å². The number of amides is 1. The Labute approximate surface area is 175 Å². The summed E-state index contributed by atoms with van der Waals surface area (Å²) in [5, 5.41) is 3.12. The van der Waals surface area contributed by atoms with Crippen LogP contribution in [-0.2, 0) is 14.3 Å². The van der Waals surface area contributed by atoms with Crippen LogP contribution in [0.15, 0.2) is 0 Å². The van der Waals surface area contributed by atoms with E-state index in [-0.39, 0.29) is 16.3 Å². The van der Waals surface area contributed by atoms with E-state index in [1.165, 1.54) is 40.2 Å². The van der Waals surface area contributed by atoms with E-state index in [0.717, 1.165) is 30.8 Å². The number of hydrogen-bond acceptors (Lipinski definition) is 8.